The molecule has 1 saturated carbocycles. The van der Waals surface area contributed by atoms with Gasteiger partial charge in [0.05, 0.1) is 10.8 Å². The van der Waals surface area contributed by atoms with Gasteiger partial charge >= 0.3 is 0 Å². The normalized spacial score (nSPS) is 19.3. The molecule has 2 aromatic carbocycles. The number of carbonyl (C=O) groups is 1. The number of benzene rings is 2. The van der Waals surface area contributed by atoms with E-state index in [0.717, 1.165) is 43.2 Å². The lowest BCUT2D eigenvalue weighted by Gasteiger charge is -2.24. The Hall–Kier alpha value is -2.18. The molecule has 2 N–H and O–H groups in total. The van der Waals surface area contributed by atoms with Crippen LogP contribution in [0, 0.1) is 0 Å². The highest BCUT2D eigenvalue weighted by molar-refractivity contribution is 7.89. The first-order chi connectivity index (χ1) is 13.0. The molecule has 27 heavy (non-hydrogen) atoms. The Balaban J connectivity index is 1.38. The number of sulfonamides is 1. The summed E-state index contributed by atoms with van der Waals surface area (Å²) < 4.78 is 27.1. The fourth-order valence-electron chi connectivity index (χ4n) is 3.61. The molecule has 0 radical (unpaired) electrons. The Bertz CT molecular complexity index is 934. The van der Waals surface area contributed by atoms with Crippen molar-refractivity contribution in [3.8, 4) is 0 Å². The quantitative estimate of drug-likeness (QED) is 0.804. The van der Waals surface area contributed by atoms with Gasteiger partial charge < -0.3 is 5.32 Å². The summed E-state index contributed by atoms with van der Waals surface area (Å²) in [6.45, 7) is 0.397. The zero-order valence-corrected chi connectivity index (χ0v) is 16.0. The lowest BCUT2D eigenvalue weighted by Crippen LogP contribution is -2.31. The van der Waals surface area contributed by atoms with E-state index in [9.17, 15) is 13.2 Å². The monoisotopic (exact) mass is 384 g/mol. The third-order valence-corrected chi connectivity index (χ3v) is 6.82. The molecule has 2 aromatic rings. The van der Waals surface area contributed by atoms with Crippen LogP contribution >= 0.6 is 0 Å². The predicted molar refractivity (Wildman–Crippen MR) is 104 cm³/mol. The van der Waals surface area contributed by atoms with Crippen LogP contribution in [0.1, 0.15) is 48.3 Å². The summed E-state index contributed by atoms with van der Waals surface area (Å²) in [6.07, 6.45) is 4.74. The molecule has 0 saturated heterocycles. The Morgan fingerprint density at radius 3 is 2.48 bits per heavy atom. The van der Waals surface area contributed by atoms with Gasteiger partial charge in [0.2, 0.25) is 15.9 Å². The van der Waals surface area contributed by atoms with Gasteiger partial charge in [-0.05, 0) is 60.9 Å². The van der Waals surface area contributed by atoms with Gasteiger partial charge in [0, 0.05) is 12.6 Å². The maximum Gasteiger partial charge on any atom is 0.240 e. The Kier molecular flexibility index (Phi) is 5.02. The number of carbonyl (C=O) groups excluding carboxylic acids is 1. The molecule has 0 aliphatic heterocycles. The van der Waals surface area contributed by atoms with E-state index in [4.69, 9.17) is 0 Å². The van der Waals surface area contributed by atoms with Crippen molar-refractivity contribution < 1.29 is 13.2 Å². The molecular weight excluding hydrogens is 360 g/mol. The summed E-state index contributed by atoms with van der Waals surface area (Å²) in [6, 6.07) is 15.0. The lowest BCUT2D eigenvalue weighted by atomic mass is 9.82. The second-order valence-corrected chi connectivity index (χ2v) is 9.11. The average Bonchev–Trinajstić information content (AvgIpc) is 3.49. The van der Waals surface area contributed by atoms with Crippen LogP contribution in [0.4, 0.5) is 0 Å². The van der Waals surface area contributed by atoms with E-state index in [-0.39, 0.29) is 22.8 Å². The van der Waals surface area contributed by atoms with Gasteiger partial charge in [-0.25, -0.2) is 13.1 Å². The van der Waals surface area contributed by atoms with E-state index in [1.165, 1.54) is 5.56 Å². The SMILES string of the molecule is O=C(NCc1ccc(S(=O)(=O)NC2CC2)cc1)[C@@H]1CCCc2ccccc21. The van der Waals surface area contributed by atoms with Crippen LogP contribution < -0.4 is 10.0 Å². The van der Waals surface area contributed by atoms with Crippen LogP contribution in [0.2, 0.25) is 0 Å². The van der Waals surface area contributed by atoms with Crippen molar-refractivity contribution >= 4 is 15.9 Å². The molecule has 0 bridgehead atoms. The molecule has 6 heteroatoms. The first-order valence-corrected chi connectivity index (χ1v) is 11.0. The minimum absolute atomic E-state index is 0.0363. The third-order valence-electron chi connectivity index (χ3n) is 5.29. The van der Waals surface area contributed by atoms with Crippen molar-refractivity contribution in [2.45, 2.75) is 55.5 Å². The van der Waals surface area contributed by atoms with E-state index >= 15 is 0 Å². The Morgan fingerprint density at radius 1 is 1.00 bits per heavy atom. The number of rotatable bonds is 6. The average molecular weight is 385 g/mol. The molecule has 2 aliphatic rings. The summed E-state index contributed by atoms with van der Waals surface area (Å²) in [5, 5.41) is 3.01. The van der Waals surface area contributed by atoms with E-state index in [2.05, 4.69) is 16.1 Å². The zero-order chi connectivity index (χ0) is 18.9. The number of fused-ring (bicyclic) bond motifs is 1. The number of hydrogen-bond acceptors (Lipinski definition) is 3. The zero-order valence-electron chi connectivity index (χ0n) is 15.1. The van der Waals surface area contributed by atoms with Crippen LogP contribution in [0.5, 0.6) is 0 Å². The van der Waals surface area contributed by atoms with E-state index in [1.54, 1.807) is 24.3 Å². The van der Waals surface area contributed by atoms with Crippen molar-refractivity contribution in [3.05, 3.63) is 65.2 Å². The van der Waals surface area contributed by atoms with Gasteiger partial charge in [-0.3, -0.25) is 4.79 Å². The van der Waals surface area contributed by atoms with Gasteiger partial charge in [0.1, 0.15) is 0 Å². The molecule has 0 aromatic heterocycles. The summed E-state index contributed by atoms with van der Waals surface area (Å²) in [5.41, 5.74) is 3.29. The second kappa shape index (κ2) is 7.44. The van der Waals surface area contributed by atoms with E-state index < -0.39 is 10.0 Å². The largest absolute Gasteiger partial charge is 0.351 e. The van der Waals surface area contributed by atoms with Crippen LogP contribution in [-0.4, -0.2) is 20.4 Å². The topological polar surface area (TPSA) is 75.3 Å². The molecule has 1 amide bonds. The number of amides is 1. The molecule has 0 heterocycles. The highest BCUT2D eigenvalue weighted by Gasteiger charge is 2.28. The van der Waals surface area contributed by atoms with Crippen LogP contribution in [-0.2, 0) is 27.8 Å². The molecule has 2 aliphatic carbocycles. The summed E-state index contributed by atoms with van der Waals surface area (Å²) >= 11 is 0. The highest BCUT2D eigenvalue weighted by atomic mass is 32.2. The van der Waals surface area contributed by atoms with Crippen molar-refractivity contribution in [2.24, 2.45) is 0 Å². The molecule has 5 nitrogen and oxygen atoms in total. The molecule has 142 valence electrons. The molecule has 1 fully saturated rings. The Labute approximate surface area is 160 Å². The molecule has 0 spiro atoms. The van der Waals surface area contributed by atoms with Crippen LogP contribution in [0.15, 0.2) is 53.4 Å². The van der Waals surface area contributed by atoms with Crippen molar-refractivity contribution in [1.29, 1.82) is 0 Å². The van der Waals surface area contributed by atoms with Gasteiger partial charge in [-0.1, -0.05) is 36.4 Å². The van der Waals surface area contributed by atoms with Gasteiger partial charge in [-0.2, -0.15) is 0 Å². The first kappa shape index (κ1) is 18.2. The molecule has 1 atom stereocenters. The van der Waals surface area contributed by atoms with Gasteiger partial charge in [0.15, 0.2) is 0 Å². The van der Waals surface area contributed by atoms with E-state index in [1.807, 2.05) is 18.2 Å². The highest BCUT2D eigenvalue weighted by Crippen LogP contribution is 2.31. The predicted octanol–water partition coefficient (Wildman–Crippen LogP) is 2.86. The smallest absolute Gasteiger partial charge is 0.240 e. The fourth-order valence-corrected chi connectivity index (χ4v) is 4.92. The van der Waals surface area contributed by atoms with Crippen molar-refractivity contribution in [2.75, 3.05) is 0 Å². The summed E-state index contributed by atoms with van der Waals surface area (Å²) in [7, 11) is -3.43. The van der Waals surface area contributed by atoms with Crippen molar-refractivity contribution in [3.63, 3.8) is 0 Å². The van der Waals surface area contributed by atoms with Gasteiger partial charge in [0.25, 0.3) is 0 Å². The standard InChI is InChI=1S/C21H24N2O3S/c24-21(20-7-3-5-16-4-1-2-6-19(16)20)22-14-15-8-12-18(13-9-15)27(25,26)23-17-10-11-17/h1-2,4,6,8-9,12-13,17,20,23H,3,5,7,10-11,14H2,(H,22,24)/t20-/m1/s1. The van der Waals surface area contributed by atoms with Crippen molar-refractivity contribution in [1.82, 2.24) is 10.0 Å². The van der Waals surface area contributed by atoms with Crippen LogP contribution in [0.25, 0.3) is 0 Å². The maximum absolute atomic E-state index is 12.7. The number of aryl methyl sites for hydroxylation is 1. The third kappa shape index (κ3) is 4.22. The first-order valence-electron chi connectivity index (χ1n) is 9.50. The fraction of sp³-hybridized carbons (Fsp3) is 0.381. The number of nitrogens with one attached hydrogen (secondary N) is 2. The molecular formula is C21H24N2O3S. The maximum atomic E-state index is 12.7. The van der Waals surface area contributed by atoms with E-state index in [0.29, 0.717) is 6.54 Å². The molecule has 4 rings (SSSR count). The Morgan fingerprint density at radius 2 is 1.74 bits per heavy atom. The minimum atomic E-state index is -3.43. The summed E-state index contributed by atoms with van der Waals surface area (Å²) in [5.74, 6) is -0.0633. The van der Waals surface area contributed by atoms with Gasteiger partial charge in [-0.15, -0.1) is 0 Å². The second-order valence-electron chi connectivity index (χ2n) is 7.40. The lowest BCUT2D eigenvalue weighted by molar-refractivity contribution is -0.123. The number of hydrogen-bond donors (Lipinski definition) is 2. The minimum Gasteiger partial charge on any atom is -0.351 e. The van der Waals surface area contributed by atoms with Crippen LogP contribution in [0.3, 0.4) is 0 Å². The molecule has 0 unspecified atom stereocenters. The summed E-state index contributed by atoms with van der Waals surface area (Å²) in [4.78, 5) is 12.9.